The fourth-order valence-corrected chi connectivity index (χ4v) is 3.15. The highest BCUT2D eigenvalue weighted by Crippen LogP contribution is 2.24. The number of nitrogens with one attached hydrogen (secondary N) is 1. The number of hydrogen-bond acceptors (Lipinski definition) is 6. The first kappa shape index (κ1) is 17.2. The molecule has 0 saturated heterocycles. The summed E-state index contributed by atoms with van der Waals surface area (Å²) in [5.41, 5.74) is 1.41. The van der Waals surface area contributed by atoms with Gasteiger partial charge in [0.15, 0.2) is 16.7 Å². The standard InChI is InChI=1S/C17H18N4O3S/c1-2-21-16(14-7-4-8-24-14)19-20-17(21)25-11-15(23)18-13-6-3-5-12(9-13)10-22/h3-9,22H,2,10-11H2,1H3,(H,18,23). The summed E-state index contributed by atoms with van der Waals surface area (Å²) in [5.74, 6) is 1.35. The van der Waals surface area contributed by atoms with E-state index in [1.54, 1.807) is 36.6 Å². The van der Waals surface area contributed by atoms with Gasteiger partial charge in [-0.3, -0.25) is 9.36 Å². The maximum Gasteiger partial charge on any atom is 0.234 e. The zero-order chi connectivity index (χ0) is 17.6. The number of aliphatic hydroxyl groups excluding tert-OH is 1. The maximum atomic E-state index is 12.2. The van der Waals surface area contributed by atoms with E-state index in [1.807, 2.05) is 17.6 Å². The van der Waals surface area contributed by atoms with Crippen molar-refractivity contribution in [3.63, 3.8) is 0 Å². The third kappa shape index (κ3) is 4.09. The highest BCUT2D eigenvalue weighted by atomic mass is 32.2. The number of aromatic nitrogens is 3. The van der Waals surface area contributed by atoms with E-state index in [0.29, 0.717) is 29.0 Å². The molecule has 0 bridgehead atoms. The number of nitrogens with zero attached hydrogens (tertiary/aromatic N) is 3. The molecule has 1 aromatic carbocycles. The average molecular weight is 358 g/mol. The minimum absolute atomic E-state index is 0.0619. The van der Waals surface area contributed by atoms with E-state index < -0.39 is 0 Å². The van der Waals surface area contributed by atoms with Crippen LogP contribution < -0.4 is 5.32 Å². The van der Waals surface area contributed by atoms with Gasteiger partial charge in [-0.1, -0.05) is 23.9 Å². The van der Waals surface area contributed by atoms with Crippen LogP contribution in [-0.4, -0.2) is 31.5 Å². The van der Waals surface area contributed by atoms with Crippen molar-refractivity contribution in [1.29, 1.82) is 0 Å². The van der Waals surface area contributed by atoms with Crippen molar-refractivity contribution in [1.82, 2.24) is 14.8 Å². The third-order valence-electron chi connectivity index (χ3n) is 3.50. The summed E-state index contributed by atoms with van der Waals surface area (Å²) < 4.78 is 7.28. The summed E-state index contributed by atoms with van der Waals surface area (Å²) in [5, 5.41) is 20.9. The second-order valence-corrected chi connectivity index (χ2v) is 6.17. The molecule has 0 aliphatic rings. The van der Waals surface area contributed by atoms with Crippen LogP contribution in [-0.2, 0) is 17.9 Å². The fourth-order valence-electron chi connectivity index (χ4n) is 2.34. The number of hydrogen-bond donors (Lipinski definition) is 2. The van der Waals surface area contributed by atoms with E-state index in [1.165, 1.54) is 11.8 Å². The first-order valence-corrected chi connectivity index (χ1v) is 8.79. The molecule has 3 rings (SSSR count). The average Bonchev–Trinajstić information content (AvgIpc) is 3.29. The Bertz CT molecular complexity index is 845. The van der Waals surface area contributed by atoms with E-state index >= 15 is 0 Å². The van der Waals surface area contributed by atoms with Crippen LogP contribution in [0.5, 0.6) is 0 Å². The van der Waals surface area contributed by atoms with Crippen molar-refractivity contribution in [3.8, 4) is 11.6 Å². The van der Waals surface area contributed by atoms with Crippen molar-refractivity contribution in [3.05, 3.63) is 48.2 Å². The molecule has 0 aliphatic heterocycles. The first-order valence-electron chi connectivity index (χ1n) is 7.80. The van der Waals surface area contributed by atoms with E-state index in [0.717, 1.165) is 5.56 Å². The quantitative estimate of drug-likeness (QED) is 0.631. The van der Waals surface area contributed by atoms with Gasteiger partial charge in [0.25, 0.3) is 0 Å². The van der Waals surface area contributed by atoms with E-state index in [2.05, 4.69) is 15.5 Å². The number of carbonyl (C=O) groups is 1. The van der Waals surface area contributed by atoms with Gasteiger partial charge in [0.2, 0.25) is 5.91 Å². The van der Waals surface area contributed by atoms with Crippen LogP contribution in [0.2, 0.25) is 0 Å². The van der Waals surface area contributed by atoms with Gasteiger partial charge in [0.1, 0.15) is 0 Å². The zero-order valence-electron chi connectivity index (χ0n) is 13.7. The summed E-state index contributed by atoms with van der Waals surface area (Å²) >= 11 is 1.31. The van der Waals surface area contributed by atoms with Crippen molar-refractivity contribution in [2.45, 2.75) is 25.2 Å². The van der Waals surface area contributed by atoms with Gasteiger partial charge >= 0.3 is 0 Å². The Kier molecular flexibility index (Phi) is 5.52. The minimum Gasteiger partial charge on any atom is -0.461 e. The molecule has 0 fully saturated rings. The van der Waals surface area contributed by atoms with Crippen LogP contribution in [0.1, 0.15) is 12.5 Å². The third-order valence-corrected chi connectivity index (χ3v) is 4.47. The molecule has 0 aliphatic carbocycles. The van der Waals surface area contributed by atoms with Gasteiger partial charge in [-0.15, -0.1) is 10.2 Å². The smallest absolute Gasteiger partial charge is 0.234 e. The Hall–Kier alpha value is -2.58. The van der Waals surface area contributed by atoms with Crippen molar-refractivity contribution >= 4 is 23.4 Å². The lowest BCUT2D eigenvalue weighted by atomic mass is 10.2. The Morgan fingerprint density at radius 3 is 2.92 bits per heavy atom. The minimum atomic E-state index is -0.148. The molecule has 2 aromatic heterocycles. The lowest BCUT2D eigenvalue weighted by Crippen LogP contribution is -2.14. The Balaban J connectivity index is 1.64. The van der Waals surface area contributed by atoms with E-state index in [-0.39, 0.29) is 18.3 Å². The number of rotatable bonds is 7. The van der Waals surface area contributed by atoms with Crippen LogP contribution in [0.15, 0.2) is 52.2 Å². The number of carbonyl (C=O) groups excluding carboxylic acids is 1. The molecular weight excluding hydrogens is 340 g/mol. The van der Waals surface area contributed by atoms with E-state index in [9.17, 15) is 4.79 Å². The Morgan fingerprint density at radius 2 is 2.20 bits per heavy atom. The molecular formula is C17H18N4O3S. The molecule has 0 unspecified atom stereocenters. The lowest BCUT2D eigenvalue weighted by Gasteiger charge is -2.07. The van der Waals surface area contributed by atoms with E-state index in [4.69, 9.17) is 9.52 Å². The van der Waals surface area contributed by atoms with Crippen LogP contribution >= 0.6 is 11.8 Å². The Labute approximate surface area is 149 Å². The van der Waals surface area contributed by atoms with Crippen LogP contribution in [0, 0.1) is 0 Å². The molecule has 2 heterocycles. The van der Waals surface area contributed by atoms with Gasteiger partial charge in [-0.05, 0) is 36.8 Å². The van der Waals surface area contributed by atoms with Crippen molar-refractivity contribution < 1.29 is 14.3 Å². The summed E-state index contributed by atoms with van der Waals surface area (Å²) in [4.78, 5) is 12.2. The SMILES string of the molecule is CCn1c(SCC(=O)Nc2cccc(CO)c2)nnc1-c1ccco1. The summed E-state index contributed by atoms with van der Waals surface area (Å²) in [6.45, 7) is 2.60. The molecule has 8 heteroatoms. The molecule has 7 nitrogen and oxygen atoms in total. The number of anilines is 1. The second kappa shape index (κ2) is 8.00. The maximum absolute atomic E-state index is 12.2. The molecule has 3 aromatic rings. The number of amides is 1. The van der Waals surface area contributed by atoms with Crippen molar-refractivity contribution in [2.24, 2.45) is 0 Å². The predicted molar refractivity (Wildman–Crippen MR) is 95.1 cm³/mol. The fraction of sp³-hybridized carbons (Fsp3) is 0.235. The predicted octanol–water partition coefficient (Wildman–Crippen LogP) is 2.78. The Morgan fingerprint density at radius 1 is 1.32 bits per heavy atom. The summed E-state index contributed by atoms with van der Waals surface area (Å²) in [6, 6.07) is 10.7. The molecule has 1 amide bonds. The van der Waals surface area contributed by atoms with Crippen molar-refractivity contribution in [2.75, 3.05) is 11.1 Å². The monoisotopic (exact) mass is 358 g/mol. The van der Waals surface area contributed by atoms with Crippen LogP contribution in [0.25, 0.3) is 11.6 Å². The normalized spacial score (nSPS) is 10.8. The van der Waals surface area contributed by atoms with Crippen LogP contribution in [0.4, 0.5) is 5.69 Å². The number of furan rings is 1. The van der Waals surface area contributed by atoms with Crippen LogP contribution in [0.3, 0.4) is 0 Å². The molecule has 0 saturated carbocycles. The summed E-state index contributed by atoms with van der Waals surface area (Å²) in [6.07, 6.45) is 1.59. The van der Waals surface area contributed by atoms with Gasteiger partial charge in [0, 0.05) is 12.2 Å². The topological polar surface area (TPSA) is 93.2 Å². The number of thioether (sulfide) groups is 1. The largest absolute Gasteiger partial charge is 0.461 e. The van der Waals surface area contributed by atoms with Gasteiger partial charge in [-0.2, -0.15) is 0 Å². The van der Waals surface area contributed by atoms with Gasteiger partial charge in [-0.25, -0.2) is 0 Å². The molecule has 0 spiro atoms. The summed E-state index contributed by atoms with van der Waals surface area (Å²) in [7, 11) is 0. The number of benzene rings is 1. The molecule has 130 valence electrons. The molecule has 0 radical (unpaired) electrons. The molecule has 0 atom stereocenters. The van der Waals surface area contributed by atoms with Gasteiger partial charge in [0.05, 0.1) is 18.6 Å². The zero-order valence-corrected chi connectivity index (χ0v) is 14.5. The molecule has 2 N–H and O–H groups in total. The second-order valence-electron chi connectivity index (χ2n) is 5.22. The number of aliphatic hydroxyl groups is 1. The lowest BCUT2D eigenvalue weighted by molar-refractivity contribution is -0.113. The first-order chi connectivity index (χ1) is 12.2. The highest BCUT2D eigenvalue weighted by molar-refractivity contribution is 7.99. The highest BCUT2D eigenvalue weighted by Gasteiger charge is 2.16. The van der Waals surface area contributed by atoms with Gasteiger partial charge < -0.3 is 14.8 Å². The molecule has 25 heavy (non-hydrogen) atoms.